The highest BCUT2D eigenvalue weighted by atomic mass is 16.4. The zero-order valence-corrected chi connectivity index (χ0v) is 7.49. The molecule has 1 aromatic heterocycles. The highest BCUT2D eigenvalue weighted by molar-refractivity contribution is 5.17. The lowest BCUT2D eigenvalue weighted by molar-refractivity contribution is 0.149. The molecule has 0 bridgehead atoms. The van der Waals surface area contributed by atoms with Crippen molar-refractivity contribution in [2.45, 2.75) is 44.1 Å². The van der Waals surface area contributed by atoms with Gasteiger partial charge in [-0.05, 0) is 25.7 Å². The second-order valence-electron chi connectivity index (χ2n) is 4.09. The highest BCUT2D eigenvalue weighted by Gasteiger charge is 2.31. The van der Waals surface area contributed by atoms with Crippen LogP contribution in [0.2, 0.25) is 0 Å². The minimum atomic E-state index is -0.215. The molecule has 1 heterocycles. The van der Waals surface area contributed by atoms with Gasteiger partial charge in [-0.2, -0.15) is 0 Å². The molecule has 1 atom stereocenters. The summed E-state index contributed by atoms with van der Waals surface area (Å²) in [6, 6.07) is 0. The second-order valence-corrected chi connectivity index (χ2v) is 4.09. The standard InChI is InChI=1S/C10H13NO2/c12-7-3-4-8-9(5-7)13-10(11-8)6-1-2-6/h6-7,12H,1-5H2. The van der Waals surface area contributed by atoms with Crippen LogP contribution in [0.25, 0.3) is 0 Å². The Morgan fingerprint density at radius 3 is 2.92 bits per heavy atom. The van der Waals surface area contributed by atoms with Crippen LogP contribution in [0, 0.1) is 0 Å². The molecular weight excluding hydrogens is 166 g/mol. The van der Waals surface area contributed by atoms with Gasteiger partial charge in [-0.25, -0.2) is 4.98 Å². The van der Waals surface area contributed by atoms with Crippen LogP contribution in [0.4, 0.5) is 0 Å². The van der Waals surface area contributed by atoms with E-state index in [1.807, 2.05) is 0 Å². The van der Waals surface area contributed by atoms with Crippen LogP contribution in [0.5, 0.6) is 0 Å². The molecule has 3 nitrogen and oxygen atoms in total. The monoisotopic (exact) mass is 179 g/mol. The number of oxazole rings is 1. The molecule has 2 aliphatic carbocycles. The van der Waals surface area contributed by atoms with E-state index in [4.69, 9.17) is 4.42 Å². The van der Waals surface area contributed by atoms with E-state index >= 15 is 0 Å². The summed E-state index contributed by atoms with van der Waals surface area (Å²) in [7, 11) is 0. The summed E-state index contributed by atoms with van der Waals surface area (Å²) >= 11 is 0. The van der Waals surface area contributed by atoms with Crippen LogP contribution >= 0.6 is 0 Å². The SMILES string of the molecule is OC1CCc2nc(C3CC3)oc2C1. The molecular formula is C10H13NO2. The third-order valence-electron chi connectivity index (χ3n) is 2.86. The maximum atomic E-state index is 9.43. The smallest absolute Gasteiger partial charge is 0.197 e. The lowest BCUT2D eigenvalue weighted by atomic mass is 10.00. The van der Waals surface area contributed by atoms with Gasteiger partial charge >= 0.3 is 0 Å². The van der Waals surface area contributed by atoms with Gasteiger partial charge in [0, 0.05) is 12.3 Å². The number of rotatable bonds is 1. The number of nitrogens with zero attached hydrogens (tertiary/aromatic N) is 1. The Morgan fingerprint density at radius 2 is 2.15 bits per heavy atom. The van der Waals surface area contributed by atoms with Gasteiger partial charge in [-0.3, -0.25) is 0 Å². The summed E-state index contributed by atoms with van der Waals surface area (Å²) in [6.45, 7) is 0. The van der Waals surface area contributed by atoms with Crippen LogP contribution in [-0.2, 0) is 12.8 Å². The van der Waals surface area contributed by atoms with Crippen LogP contribution in [-0.4, -0.2) is 16.2 Å². The third kappa shape index (κ3) is 1.27. The molecule has 2 aliphatic rings. The van der Waals surface area contributed by atoms with Crippen molar-refractivity contribution in [2.75, 3.05) is 0 Å². The van der Waals surface area contributed by atoms with Crippen molar-refractivity contribution in [3.05, 3.63) is 17.3 Å². The van der Waals surface area contributed by atoms with Crippen molar-refractivity contribution in [3.63, 3.8) is 0 Å². The quantitative estimate of drug-likeness (QED) is 0.708. The summed E-state index contributed by atoms with van der Waals surface area (Å²) in [5.74, 6) is 2.43. The molecule has 70 valence electrons. The number of aliphatic hydroxyl groups is 1. The summed E-state index contributed by atoms with van der Waals surface area (Å²) in [4.78, 5) is 4.47. The molecule has 0 radical (unpaired) electrons. The molecule has 1 unspecified atom stereocenters. The van der Waals surface area contributed by atoms with Crippen LogP contribution in [0.3, 0.4) is 0 Å². The minimum Gasteiger partial charge on any atom is -0.445 e. The first-order valence-corrected chi connectivity index (χ1v) is 4.99. The molecule has 1 N–H and O–H groups in total. The Labute approximate surface area is 76.8 Å². The van der Waals surface area contributed by atoms with Crippen molar-refractivity contribution in [1.82, 2.24) is 4.98 Å². The van der Waals surface area contributed by atoms with E-state index in [2.05, 4.69) is 4.98 Å². The van der Waals surface area contributed by atoms with E-state index in [9.17, 15) is 5.11 Å². The third-order valence-corrected chi connectivity index (χ3v) is 2.86. The van der Waals surface area contributed by atoms with Gasteiger partial charge in [0.25, 0.3) is 0 Å². The number of hydrogen-bond acceptors (Lipinski definition) is 3. The normalized spacial score (nSPS) is 27.3. The number of aliphatic hydroxyl groups excluding tert-OH is 1. The molecule has 1 aromatic rings. The number of aromatic nitrogens is 1. The van der Waals surface area contributed by atoms with E-state index in [-0.39, 0.29) is 6.10 Å². The number of hydrogen-bond donors (Lipinski definition) is 1. The Hall–Kier alpha value is -0.830. The molecule has 0 spiro atoms. The summed E-state index contributed by atoms with van der Waals surface area (Å²) in [5, 5.41) is 9.43. The Morgan fingerprint density at radius 1 is 1.31 bits per heavy atom. The van der Waals surface area contributed by atoms with Crippen LogP contribution in [0.15, 0.2) is 4.42 Å². The Kier molecular flexibility index (Phi) is 1.50. The Balaban J connectivity index is 1.93. The number of aryl methyl sites for hydroxylation is 1. The fourth-order valence-corrected chi connectivity index (χ4v) is 1.88. The first-order valence-electron chi connectivity index (χ1n) is 4.99. The van der Waals surface area contributed by atoms with Gasteiger partial charge in [-0.15, -0.1) is 0 Å². The average molecular weight is 179 g/mol. The first-order chi connectivity index (χ1) is 6.33. The molecule has 0 aliphatic heterocycles. The topological polar surface area (TPSA) is 46.3 Å². The van der Waals surface area contributed by atoms with Crippen molar-refractivity contribution in [2.24, 2.45) is 0 Å². The van der Waals surface area contributed by atoms with Gasteiger partial charge in [0.1, 0.15) is 5.76 Å². The van der Waals surface area contributed by atoms with Gasteiger partial charge in [0.15, 0.2) is 5.89 Å². The van der Waals surface area contributed by atoms with Crippen molar-refractivity contribution in [1.29, 1.82) is 0 Å². The molecule has 3 rings (SSSR count). The maximum absolute atomic E-state index is 9.43. The molecule has 1 saturated carbocycles. The van der Waals surface area contributed by atoms with Crippen LogP contribution in [0.1, 0.15) is 42.5 Å². The van der Waals surface area contributed by atoms with Crippen molar-refractivity contribution >= 4 is 0 Å². The number of fused-ring (bicyclic) bond motifs is 1. The molecule has 1 fully saturated rings. The minimum absolute atomic E-state index is 0.215. The average Bonchev–Trinajstić information content (AvgIpc) is 2.87. The van der Waals surface area contributed by atoms with E-state index in [1.165, 1.54) is 12.8 Å². The van der Waals surface area contributed by atoms with E-state index in [0.717, 1.165) is 30.2 Å². The van der Waals surface area contributed by atoms with Crippen LogP contribution < -0.4 is 0 Å². The van der Waals surface area contributed by atoms with Gasteiger partial charge in [0.05, 0.1) is 11.8 Å². The predicted octanol–water partition coefficient (Wildman–Crippen LogP) is 1.40. The van der Waals surface area contributed by atoms with E-state index in [0.29, 0.717) is 12.3 Å². The fraction of sp³-hybridized carbons (Fsp3) is 0.700. The molecule has 0 aromatic carbocycles. The second kappa shape index (κ2) is 2.58. The lowest BCUT2D eigenvalue weighted by Crippen LogP contribution is -2.17. The van der Waals surface area contributed by atoms with E-state index < -0.39 is 0 Å². The highest BCUT2D eigenvalue weighted by Crippen LogP contribution is 2.40. The maximum Gasteiger partial charge on any atom is 0.197 e. The largest absolute Gasteiger partial charge is 0.445 e. The van der Waals surface area contributed by atoms with Gasteiger partial charge in [-0.1, -0.05) is 0 Å². The molecule has 0 saturated heterocycles. The van der Waals surface area contributed by atoms with Gasteiger partial charge in [0.2, 0.25) is 0 Å². The van der Waals surface area contributed by atoms with Crippen molar-refractivity contribution < 1.29 is 9.52 Å². The summed E-state index contributed by atoms with van der Waals surface area (Å²) in [5.41, 5.74) is 1.09. The van der Waals surface area contributed by atoms with E-state index in [1.54, 1.807) is 0 Å². The van der Waals surface area contributed by atoms with Crippen molar-refractivity contribution in [3.8, 4) is 0 Å². The first kappa shape index (κ1) is 7.56. The zero-order valence-electron chi connectivity index (χ0n) is 7.49. The molecule has 13 heavy (non-hydrogen) atoms. The Bertz CT molecular complexity index is 328. The lowest BCUT2D eigenvalue weighted by Gasteiger charge is -2.13. The predicted molar refractivity (Wildman–Crippen MR) is 46.5 cm³/mol. The summed E-state index contributed by atoms with van der Waals surface area (Å²) < 4.78 is 5.63. The molecule has 3 heteroatoms. The van der Waals surface area contributed by atoms with Gasteiger partial charge < -0.3 is 9.52 Å². The zero-order chi connectivity index (χ0) is 8.84. The molecule has 0 amide bonds. The fourth-order valence-electron chi connectivity index (χ4n) is 1.88. The summed E-state index contributed by atoms with van der Waals surface area (Å²) in [6.07, 6.45) is 4.61.